The van der Waals surface area contributed by atoms with Crippen molar-refractivity contribution in [2.24, 2.45) is 0 Å². The average molecular weight is 388 g/mol. The van der Waals surface area contributed by atoms with Crippen molar-refractivity contribution in [3.8, 4) is 22.3 Å². The molecule has 0 aromatic heterocycles. The van der Waals surface area contributed by atoms with Crippen molar-refractivity contribution in [1.82, 2.24) is 0 Å². The van der Waals surface area contributed by atoms with E-state index in [0.29, 0.717) is 0 Å². The maximum absolute atomic E-state index is 4.06. The Hall–Kier alpha value is -3.58. The first kappa shape index (κ1) is 18.4. The Bertz CT molecular complexity index is 1250. The Balaban J connectivity index is 1.68. The fraction of sp³-hybridized carbons (Fsp3) is 0.103. The van der Waals surface area contributed by atoms with Gasteiger partial charge in [-0.1, -0.05) is 105 Å². The van der Waals surface area contributed by atoms with E-state index in [0.717, 1.165) is 11.4 Å². The predicted molar refractivity (Wildman–Crippen MR) is 129 cm³/mol. The Morgan fingerprint density at radius 2 is 1.37 bits per heavy atom. The SMILES string of the molecule is C=Cc1cccc2c1C(C)(C)c1cccc(Nc3ccccc3-c3ccccc3)c1-2. The van der Waals surface area contributed by atoms with Gasteiger partial charge < -0.3 is 5.32 Å². The minimum atomic E-state index is -0.0634. The zero-order valence-electron chi connectivity index (χ0n) is 17.4. The normalized spacial score (nSPS) is 13.4. The van der Waals surface area contributed by atoms with Crippen LogP contribution >= 0.6 is 0 Å². The molecule has 0 saturated carbocycles. The van der Waals surface area contributed by atoms with Crippen molar-refractivity contribution >= 4 is 17.5 Å². The van der Waals surface area contributed by atoms with E-state index in [1.54, 1.807) is 0 Å². The zero-order valence-corrected chi connectivity index (χ0v) is 17.4. The lowest BCUT2D eigenvalue weighted by molar-refractivity contribution is 0.659. The maximum Gasteiger partial charge on any atom is 0.0467 e. The third kappa shape index (κ3) is 2.78. The van der Waals surface area contributed by atoms with Crippen LogP contribution in [0.4, 0.5) is 11.4 Å². The maximum atomic E-state index is 4.06. The molecule has 0 amide bonds. The standard InChI is InChI=1S/C29H25N/c1-4-20-14-10-16-23-27-24(29(2,3)28(20)23)17-11-19-26(27)30-25-18-9-8-15-22(25)21-12-6-5-7-13-21/h4-19,30H,1H2,2-3H3. The van der Waals surface area contributed by atoms with Crippen molar-refractivity contribution < 1.29 is 0 Å². The van der Waals surface area contributed by atoms with Gasteiger partial charge in [0.05, 0.1) is 0 Å². The lowest BCUT2D eigenvalue weighted by Gasteiger charge is -2.23. The molecular weight excluding hydrogens is 362 g/mol. The molecule has 0 saturated heterocycles. The second kappa shape index (κ2) is 7.03. The van der Waals surface area contributed by atoms with Gasteiger partial charge in [-0.25, -0.2) is 0 Å². The molecule has 0 heterocycles. The van der Waals surface area contributed by atoms with Gasteiger partial charge in [-0.3, -0.25) is 0 Å². The molecule has 1 aliphatic carbocycles. The Kier molecular flexibility index (Phi) is 4.33. The number of hydrogen-bond donors (Lipinski definition) is 1. The highest BCUT2D eigenvalue weighted by atomic mass is 14.9. The van der Waals surface area contributed by atoms with Crippen LogP contribution in [0.5, 0.6) is 0 Å². The molecule has 4 aromatic rings. The third-order valence-electron chi connectivity index (χ3n) is 6.23. The fourth-order valence-electron chi connectivity index (χ4n) is 4.85. The van der Waals surface area contributed by atoms with Crippen molar-refractivity contribution in [3.63, 3.8) is 0 Å². The summed E-state index contributed by atoms with van der Waals surface area (Å²) >= 11 is 0. The minimum absolute atomic E-state index is 0.0634. The molecule has 1 nitrogen and oxygen atoms in total. The molecule has 146 valence electrons. The van der Waals surface area contributed by atoms with Crippen LogP contribution in [0.15, 0.2) is 97.6 Å². The van der Waals surface area contributed by atoms with Crippen LogP contribution in [0.25, 0.3) is 28.3 Å². The predicted octanol–water partition coefficient (Wildman–Crippen LogP) is 8.05. The van der Waals surface area contributed by atoms with Crippen molar-refractivity contribution in [2.75, 3.05) is 5.32 Å². The quantitative estimate of drug-likeness (QED) is 0.373. The van der Waals surface area contributed by atoms with Crippen LogP contribution in [-0.4, -0.2) is 0 Å². The summed E-state index contributed by atoms with van der Waals surface area (Å²) in [5, 5.41) is 3.76. The van der Waals surface area contributed by atoms with Gasteiger partial charge in [0.1, 0.15) is 0 Å². The second-order valence-electron chi connectivity index (χ2n) is 8.36. The van der Waals surface area contributed by atoms with Crippen LogP contribution in [0.2, 0.25) is 0 Å². The van der Waals surface area contributed by atoms with Gasteiger partial charge in [-0.05, 0) is 39.9 Å². The summed E-state index contributed by atoms with van der Waals surface area (Å²) in [5.41, 5.74) is 11.1. The number of rotatable bonds is 4. The van der Waals surface area contributed by atoms with Crippen LogP contribution in [-0.2, 0) is 5.41 Å². The van der Waals surface area contributed by atoms with Gasteiger partial charge in [0, 0.05) is 27.9 Å². The van der Waals surface area contributed by atoms with Gasteiger partial charge in [-0.2, -0.15) is 0 Å². The summed E-state index contributed by atoms with van der Waals surface area (Å²) in [6.45, 7) is 8.68. The van der Waals surface area contributed by atoms with E-state index in [1.165, 1.54) is 38.9 Å². The molecule has 5 rings (SSSR count). The smallest absolute Gasteiger partial charge is 0.0467 e. The molecule has 1 heteroatoms. The first-order chi connectivity index (χ1) is 14.6. The molecule has 0 radical (unpaired) electrons. The van der Waals surface area contributed by atoms with Gasteiger partial charge in [0.25, 0.3) is 0 Å². The summed E-state index contributed by atoms with van der Waals surface area (Å²) in [4.78, 5) is 0. The first-order valence-electron chi connectivity index (χ1n) is 10.4. The minimum Gasteiger partial charge on any atom is -0.355 e. The van der Waals surface area contributed by atoms with Gasteiger partial charge in [-0.15, -0.1) is 0 Å². The molecular formula is C29H25N. The molecule has 0 atom stereocenters. The Morgan fingerprint density at radius 1 is 0.700 bits per heavy atom. The van der Waals surface area contributed by atoms with E-state index >= 15 is 0 Å². The first-order valence-corrected chi connectivity index (χ1v) is 10.4. The summed E-state index contributed by atoms with van der Waals surface area (Å²) in [5.74, 6) is 0. The Morgan fingerprint density at radius 3 is 2.17 bits per heavy atom. The molecule has 0 bridgehead atoms. The number of fused-ring (bicyclic) bond motifs is 3. The lowest BCUT2D eigenvalue weighted by Crippen LogP contribution is -2.16. The molecule has 1 N–H and O–H groups in total. The van der Waals surface area contributed by atoms with E-state index in [4.69, 9.17) is 0 Å². The van der Waals surface area contributed by atoms with Crippen LogP contribution in [0.1, 0.15) is 30.5 Å². The van der Waals surface area contributed by atoms with Crippen LogP contribution in [0, 0.1) is 0 Å². The van der Waals surface area contributed by atoms with Gasteiger partial charge >= 0.3 is 0 Å². The topological polar surface area (TPSA) is 12.0 Å². The Labute approximate surface area is 178 Å². The summed E-state index contributed by atoms with van der Waals surface area (Å²) in [6.07, 6.45) is 1.98. The fourth-order valence-corrected chi connectivity index (χ4v) is 4.85. The van der Waals surface area contributed by atoms with E-state index in [-0.39, 0.29) is 5.41 Å². The third-order valence-corrected chi connectivity index (χ3v) is 6.23. The van der Waals surface area contributed by atoms with Gasteiger partial charge in [0.15, 0.2) is 0 Å². The van der Waals surface area contributed by atoms with Gasteiger partial charge in [0.2, 0.25) is 0 Å². The summed E-state index contributed by atoms with van der Waals surface area (Å²) in [7, 11) is 0. The average Bonchev–Trinajstić information content (AvgIpc) is 3.03. The molecule has 30 heavy (non-hydrogen) atoms. The lowest BCUT2D eigenvalue weighted by atomic mass is 9.80. The van der Waals surface area contributed by atoms with Crippen molar-refractivity contribution in [2.45, 2.75) is 19.3 Å². The molecule has 0 unspecified atom stereocenters. The van der Waals surface area contributed by atoms with E-state index in [1.807, 2.05) is 6.08 Å². The number of anilines is 2. The largest absolute Gasteiger partial charge is 0.355 e. The van der Waals surface area contributed by atoms with E-state index < -0.39 is 0 Å². The second-order valence-corrected chi connectivity index (χ2v) is 8.36. The number of hydrogen-bond acceptors (Lipinski definition) is 1. The van der Waals surface area contributed by atoms with Crippen molar-refractivity contribution in [3.05, 3.63) is 114 Å². The summed E-state index contributed by atoms with van der Waals surface area (Å²) < 4.78 is 0. The molecule has 1 aliphatic rings. The molecule has 0 fully saturated rings. The number of para-hydroxylation sites is 1. The van der Waals surface area contributed by atoms with Crippen molar-refractivity contribution in [1.29, 1.82) is 0 Å². The highest BCUT2D eigenvalue weighted by Gasteiger charge is 2.38. The van der Waals surface area contributed by atoms with Crippen LogP contribution in [0.3, 0.4) is 0 Å². The van der Waals surface area contributed by atoms with E-state index in [2.05, 4.69) is 117 Å². The highest BCUT2D eigenvalue weighted by Crippen LogP contribution is 2.53. The molecule has 0 spiro atoms. The van der Waals surface area contributed by atoms with E-state index in [9.17, 15) is 0 Å². The zero-order chi connectivity index (χ0) is 20.7. The molecule has 4 aromatic carbocycles. The van der Waals surface area contributed by atoms with Crippen LogP contribution < -0.4 is 5.32 Å². The number of benzene rings is 4. The monoisotopic (exact) mass is 387 g/mol. The highest BCUT2D eigenvalue weighted by molar-refractivity contribution is 5.94. The summed E-state index contributed by atoms with van der Waals surface area (Å²) in [6, 6.07) is 32.2. The molecule has 0 aliphatic heterocycles. The number of nitrogens with one attached hydrogen (secondary N) is 1.